The highest BCUT2D eigenvalue weighted by Gasteiger charge is 2.08. The lowest BCUT2D eigenvalue weighted by atomic mass is 10.1. The van der Waals surface area contributed by atoms with Gasteiger partial charge < -0.3 is 4.74 Å². The fourth-order valence-electron chi connectivity index (χ4n) is 1.99. The van der Waals surface area contributed by atoms with Crippen LogP contribution in [0.1, 0.15) is 22.3 Å². The standard InChI is InChI=1S/C17H18FNO2S/c1-12-9-13(11-14(10-12)21-2)16(20)7-8-19-22-17-6-4-3-5-15(17)18/h3-6,9-11,19H,7-8H2,1-2H3. The summed E-state index contributed by atoms with van der Waals surface area (Å²) in [4.78, 5) is 12.7. The van der Waals surface area contributed by atoms with E-state index in [1.165, 1.54) is 18.0 Å². The largest absolute Gasteiger partial charge is 0.497 e. The summed E-state index contributed by atoms with van der Waals surface area (Å²) < 4.78 is 21.6. The number of nitrogens with one attached hydrogen (secondary N) is 1. The zero-order valence-electron chi connectivity index (χ0n) is 12.6. The summed E-state index contributed by atoms with van der Waals surface area (Å²) in [6.45, 7) is 2.39. The number of methoxy groups -OCH3 is 1. The number of ether oxygens (including phenoxy) is 1. The molecule has 0 amide bonds. The van der Waals surface area contributed by atoms with E-state index in [9.17, 15) is 9.18 Å². The molecule has 3 nitrogen and oxygen atoms in total. The van der Waals surface area contributed by atoms with Crippen LogP contribution in [0.5, 0.6) is 5.75 Å². The highest BCUT2D eigenvalue weighted by Crippen LogP contribution is 2.19. The van der Waals surface area contributed by atoms with Crippen molar-refractivity contribution in [3.63, 3.8) is 0 Å². The second kappa shape index (κ2) is 7.96. The number of halogens is 1. The molecule has 0 aliphatic heterocycles. The Kier molecular flexibility index (Phi) is 5.98. The van der Waals surface area contributed by atoms with E-state index in [2.05, 4.69) is 4.72 Å². The van der Waals surface area contributed by atoms with Gasteiger partial charge in [0.25, 0.3) is 0 Å². The van der Waals surface area contributed by atoms with Gasteiger partial charge in [0.05, 0.1) is 12.0 Å². The summed E-state index contributed by atoms with van der Waals surface area (Å²) in [5.74, 6) is 0.440. The fraction of sp³-hybridized carbons (Fsp3) is 0.235. The van der Waals surface area contributed by atoms with Gasteiger partial charge in [-0.1, -0.05) is 12.1 Å². The number of carbonyl (C=O) groups is 1. The van der Waals surface area contributed by atoms with Gasteiger partial charge in [0.15, 0.2) is 5.78 Å². The Morgan fingerprint density at radius 1 is 1.27 bits per heavy atom. The summed E-state index contributed by atoms with van der Waals surface area (Å²) in [5.41, 5.74) is 1.62. The number of ketones is 1. The summed E-state index contributed by atoms with van der Waals surface area (Å²) in [6.07, 6.45) is 0.341. The molecule has 0 aliphatic carbocycles. The van der Waals surface area contributed by atoms with Crippen LogP contribution in [0.4, 0.5) is 4.39 Å². The van der Waals surface area contributed by atoms with Gasteiger partial charge in [-0.05, 0) is 54.8 Å². The van der Waals surface area contributed by atoms with Gasteiger partial charge in [-0.2, -0.15) is 0 Å². The first-order valence-corrected chi connectivity index (χ1v) is 7.75. The molecule has 22 heavy (non-hydrogen) atoms. The minimum Gasteiger partial charge on any atom is -0.497 e. The fourth-order valence-corrected chi connectivity index (χ4v) is 2.66. The highest BCUT2D eigenvalue weighted by molar-refractivity contribution is 7.97. The van der Waals surface area contributed by atoms with Crippen LogP contribution in [0.2, 0.25) is 0 Å². The van der Waals surface area contributed by atoms with Crippen LogP contribution in [-0.4, -0.2) is 19.4 Å². The van der Waals surface area contributed by atoms with Crippen molar-refractivity contribution in [2.75, 3.05) is 13.7 Å². The first-order chi connectivity index (χ1) is 10.6. The molecule has 0 aliphatic rings. The molecule has 0 saturated heterocycles. The molecule has 2 aromatic rings. The van der Waals surface area contributed by atoms with Crippen molar-refractivity contribution in [1.29, 1.82) is 0 Å². The maximum absolute atomic E-state index is 13.4. The molecule has 116 valence electrons. The Bertz CT molecular complexity index is 661. The Hall–Kier alpha value is -1.85. The molecule has 0 unspecified atom stereocenters. The maximum Gasteiger partial charge on any atom is 0.164 e. The minimum absolute atomic E-state index is 0.0311. The van der Waals surface area contributed by atoms with Crippen molar-refractivity contribution in [3.8, 4) is 5.75 Å². The van der Waals surface area contributed by atoms with Gasteiger partial charge >= 0.3 is 0 Å². The molecule has 1 N–H and O–H groups in total. The highest BCUT2D eigenvalue weighted by atomic mass is 32.2. The topological polar surface area (TPSA) is 38.3 Å². The average Bonchev–Trinajstić information content (AvgIpc) is 2.52. The third-order valence-electron chi connectivity index (χ3n) is 3.08. The third-order valence-corrected chi connectivity index (χ3v) is 3.98. The predicted octanol–water partition coefficient (Wildman–Crippen LogP) is 4.01. The van der Waals surface area contributed by atoms with Gasteiger partial charge in [-0.15, -0.1) is 0 Å². The van der Waals surface area contributed by atoms with Crippen molar-refractivity contribution in [1.82, 2.24) is 4.72 Å². The summed E-state index contributed by atoms with van der Waals surface area (Å²) in [5, 5.41) is 0. The maximum atomic E-state index is 13.4. The normalized spacial score (nSPS) is 10.5. The molecular weight excluding hydrogens is 301 g/mol. The molecule has 2 aromatic carbocycles. The van der Waals surface area contributed by atoms with Crippen LogP contribution in [0.15, 0.2) is 47.4 Å². The van der Waals surface area contributed by atoms with Gasteiger partial charge in [0.2, 0.25) is 0 Å². The summed E-state index contributed by atoms with van der Waals surface area (Å²) in [7, 11) is 1.58. The molecule has 0 heterocycles. The van der Waals surface area contributed by atoms with Crippen molar-refractivity contribution in [3.05, 3.63) is 59.4 Å². The Morgan fingerprint density at radius 3 is 2.77 bits per heavy atom. The zero-order chi connectivity index (χ0) is 15.9. The lowest BCUT2D eigenvalue weighted by Crippen LogP contribution is -2.12. The SMILES string of the molecule is COc1cc(C)cc(C(=O)CCNSc2ccccc2F)c1. The Morgan fingerprint density at radius 2 is 2.05 bits per heavy atom. The van der Waals surface area contributed by atoms with E-state index in [1.807, 2.05) is 19.1 Å². The van der Waals surface area contributed by atoms with Crippen LogP contribution in [0, 0.1) is 12.7 Å². The van der Waals surface area contributed by atoms with Crippen molar-refractivity contribution in [2.45, 2.75) is 18.2 Å². The lowest BCUT2D eigenvalue weighted by molar-refractivity contribution is 0.0984. The van der Waals surface area contributed by atoms with E-state index in [4.69, 9.17) is 4.74 Å². The molecule has 0 spiro atoms. The van der Waals surface area contributed by atoms with Crippen LogP contribution in [0.3, 0.4) is 0 Å². The van der Waals surface area contributed by atoms with E-state index in [1.54, 1.807) is 31.4 Å². The number of hydrogen-bond acceptors (Lipinski definition) is 4. The number of rotatable bonds is 7. The van der Waals surface area contributed by atoms with Gasteiger partial charge in [-0.25, -0.2) is 4.39 Å². The van der Waals surface area contributed by atoms with Gasteiger partial charge in [0, 0.05) is 18.5 Å². The molecule has 0 radical (unpaired) electrons. The van der Waals surface area contributed by atoms with E-state index in [-0.39, 0.29) is 11.6 Å². The number of carbonyl (C=O) groups excluding carboxylic acids is 1. The number of aryl methyl sites for hydroxylation is 1. The molecule has 0 saturated carbocycles. The smallest absolute Gasteiger partial charge is 0.164 e. The molecule has 0 fully saturated rings. The summed E-state index contributed by atoms with van der Waals surface area (Å²) in [6, 6.07) is 12.0. The van der Waals surface area contributed by atoms with Crippen LogP contribution in [-0.2, 0) is 0 Å². The zero-order valence-corrected chi connectivity index (χ0v) is 13.4. The molecule has 2 rings (SSSR count). The molecule has 5 heteroatoms. The first-order valence-electron chi connectivity index (χ1n) is 6.93. The molecule has 0 bridgehead atoms. The number of benzene rings is 2. The molecule has 0 aromatic heterocycles. The van der Waals surface area contributed by atoms with Crippen molar-refractivity contribution < 1.29 is 13.9 Å². The van der Waals surface area contributed by atoms with Crippen LogP contribution < -0.4 is 9.46 Å². The Labute approximate surface area is 134 Å². The van der Waals surface area contributed by atoms with E-state index >= 15 is 0 Å². The van der Waals surface area contributed by atoms with E-state index in [0.717, 1.165) is 5.56 Å². The van der Waals surface area contributed by atoms with Crippen LogP contribution >= 0.6 is 11.9 Å². The van der Waals surface area contributed by atoms with Crippen molar-refractivity contribution >= 4 is 17.7 Å². The molecular formula is C17H18FNO2S. The number of hydrogen-bond donors (Lipinski definition) is 1. The lowest BCUT2D eigenvalue weighted by Gasteiger charge is -2.07. The van der Waals surface area contributed by atoms with Gasteiger partial charge in [-0.3, -0.25) is 9.52 Å². The second-order valence-corrected chi connectivity index (χ2v) is 5.77. The number of Topliss-reactive ketones (excluding diaryl/α,β-unsaturated/α-hetero) is 1. The van der Waals surface area contributed by atoms with Gasteiger partial charge in [0.1, 0.15) is 11.6 Å². The monoisotopic (exact) mass is 319 g/mol. The summed E-state index contributed by atoms with van der Waals surface area (Å²) >= 11 is 1.19. The minimum atomic E-state index is -0.269. The second-order valence-electron chi connectivity index (χ2n) is 4.84. The predicted molar refractivity (Wildman–Crippen MR) is 86.9 cm³/mol. The average molecular weight is 319 g/mol. The van der Waals surface area contributed by atoms with Crippen molar-refractivity contribution in [2.24, 2.45) is 0 Å². The quantitative estimate of drug-likeness (QED) is 0.475. The first kappa shape index (κ1) is 16.5. The van der Waals surface area contributed by atoms with Crippen LogP contribution in [0.25, 0.3) is 0 Å². The third kappa shape index (κ3) is 4.58. The van der Waals surface area contributed by atoms with E-state index in [0.29, 0.717) is 29.2 Å². The van der Waals surface area contributed by atoms with E-state index < -0.39 is 0 Å². The Balaban J connectivity index is 1.85. The molecule has 0 atom stereocenters.